The summed E-state index contributed by atoms with van der Waals surface area (Å²) in [4.78, 5) is 78.9. The summed E-state index contributed by atoms with van der Waals surface area (Å²) in [6.45, 7) is 1.28. The molecule has 3 aromatic rings. The lowest BCUT2D eigenvalue weighted by Gasteiger charge is -2.25. The zero-order chi connectivity index (χ0) is 32.9. The largest absolute Gasteiger partial charge is 0.481 e. The summed E-state index contributed by atoms with van der Waals surface area (Å²) in [5.41, 5.74) is 7.84. The fourth-order valence-electron chi connectivity index (χ4n) is 4.75. The van der Waals surface area contributed by atoms with Crippen LogP contribution in [-0.2, 0) is 41.6 Å². The molecule has 45 heavy (non-hydrogen) atoms. The van der Waals surface area contributed by atoms with Crippen LogP contribution in [-0.4, -0.2) is 81.8 Å². The van der Waals surface area contributed by atoms with Crippen LogP contribution in [0.25, 0.3) is 10.9 Å². The Morgan fingerprint density at radius 1 is 0.800 bits per heavy atom. The predicted octanol–water partition coefficient (Wildman–Crippen LogP) is 0.625. The lowest BCUT2D eigenvalue weighted by Crippen LogP contribution is -2.58. The van der Waals surface area contributed by atoms with Crippen molar-refractivity contribution in [2.75, 3.05) is 12.0 Å². The van der Waals surface area contributed by atoms with Gasteiger partial charge in [-0.15, -0.1) is 0 Å². The van der Waals surface area contributed by atoms with Crippen LogP contribution >= 0.6 is 11.8 Å². The van der Waals surface area contributed by atoms with Gasteiger partial charge in [0, 0.05) is 36.9 Å². The van der Waals surface area contributed by atoms with E-state index >= 15 is 0 Å². The van der Waals surface area contributed by atoms with E-state index in [4.69, 9.17) is 5.73 Å². The number of benzene rings is 2. The van der Waals surface area contributed by atoms with Gasteiger partial charge in [-0.05, 0) is 35.6 Å². The highest BCUT2D eigenvalue weighted by Gasteiger charge is 2.32. The maximum Gasteiger partial charge on any atom is 0.305 e. The molecule has 0 aliphatic rings. The molecule has 0 spiro atoms. The second-order valence-electron chi connectivity index (χ2n) is 10.5. The van der Waals surface area contributed by atoms with E-state index < -0.39 is 66.1 Å². The van der Waals surface area contributed by atoms with Gasteiger partial charge in [0.05, 0.1) is 6.42 Å². The van der Waals surface area contributed by atoms with E-state index in [-0.39, 0.29) is 19.3 Å². The zero-order valence-electron chi connectivity index (χ0n) is 25.0. The number of amides is 5. The van der Waals surface area contributed by atoms with Crippen LogP contribution < -0.4 is 27.0 Å². The average Bonchev–Trinajstić information content (AvgIpc) is 3.40. The Labute approximate surface area is 264 Å². The Morgan fingerprint density at radius 2 is 1.40 bits per heavy atom. The molecule has 0 aliphatic heterocycles. The number of aliphatic carboxylic acids is 1. The molecule has 14 heteroatoms. The van der Waals surface area contributed by atoms with E-state index in [0.29, 0.717) is 11.3 Å². The molecule has 4 atom stereocenters. The topological polar surface area (TPSA) is 213 Å². The molecule has 0 saturated carbocycles. The predicted molar refractivity (Wildman–Crippen MR) is 170 cm³/mol. The molecule has 0 radical (unpaired) electrons. The van der Waals surface area contributed by atoms with E-state index in [1.165, 1.54) is 18.7 Å². The molecule has 0 aliphatic carbocycles. The van der Waals surface area contributed by atoms with Crippen molar-refractivity contribution in [3.05, 3.63) is 71.9 Å². The quantitative estimate of drug-likeness (QED) is 0.111. The number of carbonyl (C=O) groups excluding carboxylic acids is 5. The number of thioether (sulfide) groups is 1. The van der Waals surface area contributed by atoms with Gasteiger partial charge in [0.1, 0.15) is 24.2 Å². The molecule has 2 aromatic carbocycles. The summed E-state index contributed by atoms with van der Waals surface area (Å²) in [5.74, 6) is -4.56. The monoisotopic (exact) mass is 638 g/mol. The Bertz CT molecular complexity index is 1510. The average molecular weight is 639 g/mol. The van der Waals surface area contributed by atoms with E-state index in [9.17, 15) is 33.9 Å². The number of aromatic amines is 1. The normalized spacial score (nSPS) is 13.6. The van der Waals surface area contributed by atoms with Gasteiger partial charge < -0.3 is 37.1 Å². The van der Waals surface area contributed by atoms with Gasteiger partial charge in [-0.2, -0.15) is 11.8 Å². The standard InChI is InChI=1S/C31H38N6O7S/c1-18(38)34-25(15-20-17-33-22-11-7-6-10-21(20)22)30(43)35-23(12-13-45-2)29(42)37-26(16-27(39)40)31(44)36-24(28(32)41)14-19-8-4-3-5-9-19/h3-11,17,23-26,33H,12-16H2,1-2H3,(H2,32,41)(H,34,38)(H,35,43)(H,36,44)(H,37,42)(H,39,40)/t23-,24-,25-,26-/m0/s1. The summed E-state index contributed by atoms with van der Waals surface area (Å²) < 4.78 is 0. The molecule has 1 aromatic heterocycles. The third kappa shape index (κ3) is 10.7. The molecule has 0 bridgehead atoms. The molecular formula is C31H38N6O7S. The van der Waals surface area contributed by atoms with E-state index in [1.807, 2.05) is 30.5 Å². The van der Waals surface area contributed by atoms with Gasteiger partial charge >= 0.3 is 5.97 Å². The first kappa shape index (κ1) is 34.6. The molecule has 5 amide bonds. The van der Waals surface area contributed by atoms with Gasteiger partial charge in [-0.3, -0.25) is 28.8 Å². The van der Waals surface area contributed by atoms with Crippen LogP contribution in [0, 0.1) is 0 Å². The number of hydrogen-bond acceptors (Lipinski definition) is 7. The van der Waals surface area contributed by atoms with Gasteiger partial charge in [0.25, 0.3) is 0 Å². The SMILES string of the molecule is CSCC[C@H](NC(=O)[C@H](Cc1c[nH]c2ccccc12)NC(C)=O)C(=O)N[C@@H](CC(=O)O)C(=O)N[C@@H](Cc1ccccc1)C(N)=O. The first-order chi connectivity index (χ1) is 21.5. The molecule has 240 valence electrons. The zero-order valence-corrected chi connectivity index (χ0v) is 25.8. The van der Waals surface area contributed by atoms with E-state index in [1.54, 1.807) is 36.5 Å². The van der Waals surface area contributed by atoms with Crippen LogP contribution in [0.4, 0.5) is 0 Å². The van der Waals surface area contributed by atoms with Gasteiger partial charge in [-0.1, -0.05) is 48.5 Å². The summed E-state index contributed by atoms with van der Waals surface area (Å²) in [6.07, 6.45) is 3.11. The van der Waals surface area contributed by atoms with Crippen LogP contribution in [0.2, 0.25) is 0 Å². The minimum Gasteiger partial charge on any atom is -0.481 e. The van der Waals surface area contributed by atoms with Gasteiger partial charge in [0.2, 0.25) is 29.5 Å². The number of aromatic nitrogens is 1. The van der Waals surface area contributed by atoms with Crippen molar-refractivity contribution in [3.8, 4) is 0 Å². The van der Waals surface area contributed by atoms with Crippen molar-refractivity contribution in [3.63, 3.8) is 0 Å². The second-order valence-corrected chi connectivity index (χ2v) is 11.5. The van der Waals surface area contributed by atoms with Crippen molar-refractivity contribution in [2.45, 2.75) is 56.8 Å². The fourth-order valence-corrected chi connectivity index (χ4v) is 5.22. The molecular weight excluding hydrogens is 600 g/mol. The summed E-state index contributed by atoms with van der Waals surface area (Å²) >= 11 is 1.42. The van der Waals surface area contributed by atoms with Crippen molar-refractivity contribution >= 4 is 58.2 Å². The minimum absolute atomic E-state index is 0.0586. The maximum absolute atomic E-state index is 13.5. The first-order valence-corrected chi connectivity index (χ1v) is 15.6. The van der Waals surface area contributed by atoms with Crippen molar-refractivity contribution in [2.24, 2.45) is 5.73 Å². The number of fused-ring (bicyclic) bond motifs is 1. The Morgan fingerprint density at radius 3 is 2.04 bits per heavy atom. The Hall–Kier alpha value is -4.85. The number of rotatable bonds is 17. The van der Waals surface area contributed by atoms with Crippen LogP contribution in [0.15, 0.2) is 60.8 Å². The van der Waals surface area contributed by atoms with Crippen LogP contribution in [0.1, 0.15) is 30.9 Å². The lowest BCUT2D eigenvalue weighted by atomic mass is 10.0. The first-order valence-electron chi connectivity index (χ1n) is 14.3. The maximum atomic E-state index is 13.5. The van der Waals surface area contributed by atoms with Crippen molar-refractivity contribution < 1.29 is 33.9 Å². The number of para-hydroxylation sites is 1. The number of carbonyl (C=O) groups is 6. The molecule has 0 saturated heterocycles. The number of nitrogens with two attached hydrogens (primary N) is 1. The Balaban J connectivity index is 1.76. The highest BCUT2D eigenvalue weighted by atomic mass is 32.2. The van der Waals surface area contributed by atoms with Crippen molar-refractivity contribution in [1.29, 1.82) is 0 Å². The number of primary amides is 1. The third-order valence-corrected chi connectivity index (χ3v) is 7.63. The molecule has 0 unspecified atom stereocenters. The number of carboxylic acids is 1. The molecule has 13 nitrogen and oxygen atoms in total. The number of H-pyrrole nitrogens is 1. The summed E-state index contributed by atoms with van der Waals surface area (Å²) in [6, 6.07) is 11.3. The number of nitrogens with one attached hydrogen (secondary N) is 5. The molecule has 8 N–H and O–H groups in total. The van der Waals surface area contributed by atoms with Gasteiger partial charge in [-0.25, -0.2) is 0 Å². The van der Waals surface area contributed by atoms with E-state index in [0.717, 1.165) is 16.5 Å². The highest BCUT2D eigenvalue weighted by Crippen LogP contribution is 2.19. The Kier molecular flexibility index (Phi) is 13.0. The number of hydrogen-bond donors (Lipinski definition) is 7. The smallest absolute Gasteiger partial charge is 0.305 e. The lowest BCUT2D eigenvalue weighted by molar-refractivity contribution is -0.141. The van der Waals surface area contributed by atoms with Crippen LogP contribution in [0.3, 0.4) is 0 Å². The van der Waals surface area contributed by atoms with Crippen molar-refractivity contribution in [1.82, 2.24) is 26.3 Å². The molecule has 0 fully saturated rings. The molecule has 3 rings (SSSR count). The van der Waals surface area contributed by atoms with Gasteiger partial charge in [0.15, 0.2) is 0 Å². The van der Waals surface area contributed by atoms with Crippen LogP contribution in [0.5, 0.6) is 0 Å². The van der Waals surface area contributed by atoms with E-state index in [2.05, 4.69) is 26.3 Å². The second kappa shape index (κ2) is 16.9. The highest BCUT2D eigenvalue weighted by molar-refractivity contribution is 7.98. The third-order valence-electron chi connectivity index (χ3n) is 6.99. The molecule has 1 heterocycles. The number of carboxylic acid groups (broad SMARTS) is 1. The minimum atomic E-state index is -1.57. The summed E-state index contributed by atoms with van der Waals surface area (Å²) in [5, 5.41) is 20.5. The summed E-state index contributed by atoms with van der Waals surface area (Å²) in [7, 11) is 0. The fraction of sp³-hybridized carbons (Fsp3) is 0.355.